The highest BCUT2D eigenvalue weighted by Gasteiger charge is 2.13. The molecule has 0 saturated heterocycles. The van der Waals surface area contributed by atoms with Crippen LogP contribution in [-0.2, 0) is 0 Å². The monoisotopic (exact) mass is 460 g/mol. The molecule has 2 aromatic carbocycles. The zero-order valence-electron chi connectivity index (χ0n) is 14.1. The number of thiocarbonyl (C=S) groups is 1. The first-order chi connectivity index (χ1) is 13.4. The molecule has 142 valence electrons. The van der Waals surface area contributed by atoms with Gasteiger partial charge < -0.3 is 4.42 Å². The number of benzene rings is 2. The van der Waals surface area contributed by atoms with Gasteiger partial charge in [-0.2, -0.15) is 0 Å². The number of amides is 1. The van der Waals surface area contributed by atoms with E-state index in [2.05, 4.69) is 32.1 Å². The van der Waals surface area contributed by atoms with Crippen LogP contribution in [0.5, 0.6) is 0 Å². The molecule has 0 atom stereocenters. The quantitative estimate of drug-likeness (QED) is 0.296. The molecule has 1 aromatic heterocycles. The third-order valence-corrected chi connectivity index (χ3v) is 4.32. The summed E-state index contributed by atoms with van der Waals surface area (Å²) in [5.74, 6) is 0.157. The van der Waals surface area contributed by atoms with Gasteiger partial charge >= 0.3 is 0 Å². The van der Waals surface area contributed by atoms with E-state index in [9.17, 15) is 14.9 Å². The number of hydrazine groups is 1. The third-order valence-electron chi connectivity index (χ3n) is 3.58. The van der Waals surface area contributed by atoms with E-state index >= 15 is 0 Å². The average Bonchev–Trinajstić information content (AvgIpc) is 3.17. The van der Waals surface area contributed by atoms with Gasteiger partial charge in [-0.25, -0.2) is 0 Å². The lowest BCUT2D eigenvalue weighted by molar-refractivity contribution is -0.384. The number of nitro benzene ring substituents is 1. The molecule has 0 saturated carbocycles. The van der Waals surface area contributed by atoms with Gasteiger partial charge in [0.2, 0.25) is 0 Å². The summed E-state index contributed by atoms with van der Waals surface area (Å²) in [4.78, 5) is 22.4. The normalized spacial score (nSPS) is 10.2. The lowest BCUT2D eigenvalue weighted by Crippen LogP contribution is -2.41. The van der Waals surface area contributed by atoms with Gasteiger partial charge in [-0.1, -0.05) is 28.1 Å². The van der Waals surface area contributed by atoms with Gasteiger partial charge in [-0.05, 0) is 48.6 Å². The van der Waals surface area contributed by atoms with Crippen molar-refractivity contribution in [1.82, 2.24) is 10.7 Å². The van der Waals surface area contributed by atoms with Crippen molar-refractivity contribution in [3.8, 4) is 11.3 Å². The van der Waals surface area contributed by atoms with Crippen molar-refractivity contribution in [1.29, 1.82) is 0 Å². The van der Waals surface area contributed by atoms with Gasteiger partial charge in [0.05, 0.1) is 10.6 Å². The second-order valence-electron chi connectivity index (χ2n) is 5.51. The molecule has 28 heavy (non-hydrogen) atoms. The SMILES string of the molecule is O=C(NC(=S)NNc1ccc([N+](=O)[O-])cc1)c1ccc(-c2ccc(Br)cc2)o1. The number of non-ortho nitro benzene ring substituents is 1. The van der Waals surface area contributed by atoms with E-state index in [1.165, 1.54) is 24.3 Å². The maximum atomic E-state index is 12.2. The molecule has 1 amide bonds. The van der Waals surface area contributed by atoms with Crippen molar-refractivity contribution in [2.45, 2.75) is 0 Å². The minimum absolute atomic E-state index is 0.0185. The number of rotatable bonds is 5. The molecule has 3 rings (SSSR count). The van der Waals surface area contributed by atoms with Crippen LogP contribution in [0.25, 0.3) is 11.3 Å². The van der Waals surface area contributed by atoms with E-state index in [0.717, 1.165) is 10.0 Å². The van der Waals surface area contributed by atoms with Crippen molar-refractivity contribution in [3.63, 3.8) is 0 Å². The van der Waals surface area contributed by atoms with E-state index in [0.29, 0.717) is 11.4 Å². The molecule has 10 heteroatoms. The van der Waals surface area contributed by atoms with Crippen molar-refractivity contribution >= 4 is 50.5 Å². The molecule has 0 aliphatic carbocycles. The molecule has 8 nitrogen and oxygen atoms in total. The summed E-state index contributed by atoms with van der Waals surface area (Å²) in [6.45, 7) is 0. The summed E-state index contributed by atoms with van der Waals surface area (Å²) in [5, 5.41) is 13.1. The van der Waals surface area contributed by atoms with Crippen molar-refractivity contribution in [2.24, 2.45) is 0 Å². The highest BCUT2D eigenvalue weighted by molar-refractivity contribution is 9.10. The fraction of sp³-hybridized carbons (Fsp3) is 0. The second-order valence-corrected chi connectivity index (χ2v) is 6.83. The Labute approximate surface area is 173 Å². The van der Waals surface area contributed by atoms with Crippen LogP contribution in [0.4, 0.5) is 11.4 Å². The lowest BCUT2D eigenvalue weighted by Gasteiger charge is -2.10. The Balaban J connectivity index is 1.55. The maximum absolute atomic E-state index is 12.2. The van der Waals surface area contributed by atoms with Gasteiger partial charge in [0.25, 0.3) is 11.6 Å². The maximum Gasteiger partial charge on any atom is 0.293 e. The first-order valence-electron chi connectivity index (χ1n) is 7.90. The number of hydrogen-bond acceptors (Lipinski definition) is 6. The molecule has 0 aliphatic heterocycles. The lowest BCUT2D eigenvalue weighted by atomic mass is 10.2. The first kappa shape index (κ1) is 19.5. The Kier molecular flexibility index (Phi) is 6.02. The average molecular weight is 461 g/mol. The van der Waals surface area contributed by atoms with E-state index in [4.69, 9.17) is 16.6 Å². The van der Waals surface area contributed by atoms with Crippen molar-refractivity contribution in [2.75, 3.05) is 5.43 Å². The number of hydrogen-bond donors (Lipinski definition) is 3. The largest absolute Gasteiger partial charge is 0.451 e. The molecule has 1 heterocycles. The summed E-state index contributed by atoms with van der Waals surface area (Å²) in [6, 6.07) is 16.4. The first-order valence-corrected chi connectivity index (χ1v) is 9.10. The summed E-state index contributed by atoms with van der Waals surface area (Å²) in [7, 11) is 0. The molecule has 0 radical (unpaired) electrons. The van der Waals surface area contributed by atoms with Crippen LogP contribution in [-0.4, -0.2) is 15.9 Å². The van der Waals surface area contributed by atoms with E-state index in [-0.39, 0.29) is 16.6 Å². The Morgan fingerprint density at radius 1 is 1.04 bits per heavy atom. The summed E-state index contributed by atoms with van der Waals surface area (Å²) >= 11 is 8.41. The Bertz CT molecular complexity index is 1020. The number of carbonyl (C=O) groups is 1. The molecular formula is C18H13BrN4O4S. The number of halogens is 1. The van der Waals surface area contributed by atoms with Gasteiger partial charge in [-0.3, -0.25) is 31.1 Å². The summed E-state index contributed by atoms with van der Waals surface area (Å²) in [5.41, 5.74) is 6.71. The minimum Gasteiger partial charge on any atom is -0.451 e. The molecular weight excluding hydrogens is 448 g/mol. The van der Waals surface area contributed by atoms with Crippen molar-refractivity contribution in [3.05, 3.63) is 81.0 Å². The number of nitrogens with one attached hydrogen (secondary N) is 3. The molecule has 3 N–H and O–H groups in total. The van der Waals surface area contributed by atoms with E-state index < -0.39 is 10.8 Å². The van der Waals surface area contributed by atoms with Crippen LogP contribution in [0.15, 0.2) is 69.6 Å². The number of nitrogens with zero attached hydrogens (tertiary/aromatic N) is 1. The Morgan fingerprint density at radius 3 is 2.36 bits per heavy atom. The third kappa shape index (κ3) is 4.93. The molecule has 3 aromatic rings. The number of furan rings is 1. The van der Waals surface area contributed by atoms with Crippen LogP contribution in [0.1, 0.15) is 10.6 Å². The highest BCUT2D eigenvalue weighted by atomic mass is 79.9. The van der Waals surface area contributed by atoms with Gasteiger partial charge in [0.1, 0.15) is 5.76 Å². The predicted molar refractivity (Wildman–Crippen MR) is 112 cm³/mol. The van der Waals surface area contributed by atoms with Gasteiger partial charge in [-0.15, -0.1) is 0 Å². The molecule has 0 aliphatic rings. The smallest absolute Gasteiger partial charge is 0.293 e. The fourth-order valence-electron chi connectivity index (χ4n) is 2.22. The predicted octanol–water partition coefficient (Wildman–Crippen LogP) is 4.25. The fourth-order valence-corrected chi connectivity index (χ4v) is 2.63. The number of carbonyl (C=O) groups excluding carboxylic acids is 1. The molecule has 0 unspecified atom stereocenters. The number of nitro groups is 1. The topological polar surface area (TPSA) is 109 Å². The molecule has 0 fully saturated rings. The van der Waals surface area contributed by atoms with Crippen LogP contribution < -0.4 is 16.2 Å². The minimum atomic E-state index is -0.508. The zero-order chi connectivity index (χ0) is 20.1. The van der Waals surface area contributed by atoms with Crippen LogP contribution in [0.3, 0.4) is 0 Å². The molecule has 0 bridgehead atoms. The number of anilines is 1. The Hall–Kier alpha value is -3.24. The second kappa shape index (κ2) is 8.63. The van der Waals surface area contributed by atoms with E-state index in [1.807, 2.05) is 24.3 Å². The standard InChI is InChI=1S/C18H13BrN4O4S/c19-12-3-1-11(2-4-12)15-9-10-16(27-15)17(24)20-18(28)22-21-13-5-7-14(8-6-13)23(25)26/h1-10,21H,(H2,20,22,24,28). The Morgan fingerprint density at radius 2 is 1.71 bits per heavy atom. The zero-order valence-corrected chi connectivity index (χ0v) is 16.5. The molecule has 0 spiro atoms. The van der Waals surface area contributed by atoms with Gasteiger partial charge in [0, 0.05) is 22.2 Å². The van der Waals surface area contributed by atoms with Crippen LogP contribution in [0, 0.1) is 10.1 Å². The summed E-state index contributed by atoms with van der Waals surface area (Å²) < 4.78 is 6.51. The van der Waals surface area contributed by atoms with E-state index in [1.54, 1.807) is 12.1 Å². The summed E-state index contributed by atoms with van der Waals surface area (Å²) in [6.07, 6.45) is 0. The van der Waals surface area contributed by atoms with Crippen LogP contribution >= 0.6 is 28.1 Å². The highest BCUT2D eigenvalue weighted by Crippen LogP contribution is 2.24. The van der Waals surface area contributed by atoms with Crippen LogP contribution in [0.2, 0.25) is 0 Å². The van der Waals surface area contributed by atoms with Crippen molar-refractivity contribution < 1.29 is 14.1 Å². The van der Waals surface area contributed by atoms with Gasteiger partial charge in [0.15, 0.2) is 10.9 Å².